The highest BCUT2D eigenvalue weighted by Crippen LogP contribution is 2.31. The number of nitrogens with two attached hydrogens (primary N) is 1. The van der Waals surface area contributed by atoms with Gasteiger partial charge in [0.2, 0.25) is 0 Å². The number of aryl methyl sites for hydroxylation is 1. The van der Waals surface area contributed by atoms with Crippen LogP contribution >= 0.6 is 11.3 Å². The normalized spacial score (nSPS) is 10.9. The second-order valence-corrected chi connectivity index (χ2v) is 4.93. The van der Waals surface area contributed by atoms with Crippen molar-refractivity contribution < 1.29 is 0 Å². The minimum atomic E-state index is 0.743. The fourth-order valence-electron chi connectivity index (χ4n) is 1.92. The van der Waals surface area contributed by atoms with Crippen LogP contribution in [0.4, 0.5) is 5.69 Å². The molecule has 84 valence electrons. The number of hydrogen-bond acceptors (Lipinski definition) is 3. The molecular weight excluding hydrogens is 228 g/mol. The fourth-order valence-corrected chi connectivity index (χ4v) is 2.84. The summed E-state index contributed by atoms with van der Waals surface area (Å²) in [5.74, 6) is 0. The molecule has 0 aliphatic carbocycles. The van der Waals surface area contributed by atoms with Gasteiger partial charge in [0.1, 0.15) is 0 Å². The predicted octanol–water partition coefficient (Wildman–Crippen LogP) is 3.85. The lowest BCUT2D eigenvalue weighted by Crippen LogP contribution is -1.94. The van der Waals surface area contributed by atoms with Gasteiger partial charge < -0.3 is 5.73 Å². The molecule has 0 unspecified atom stereocenters. The number of benzene rings is 1. The highest BCUT2D eigenvalue weighted by Gasteiger charge is 2.06. The summed E-state index contributed by atoms with van der Waals surface area (Å²) in [5.41, 5.74) is 9.60. The number of aromatic nitrogens is 1. The molecule has 0 saturated carbocycles. The summed E-state index contributed by atoms with van der Waals surface area (Å²) in [7, 11) is 0. The standard InChI is InChI=1S/C14H12N2S/c1-9-12(15)5-6-13(16-9)11-4-2-3-10-7-8-17-14(10)11/h2-8H,15H2,1H3. The summed E-state index contributed by atoms with van der Waals surface area (Å²) < 4.78 is 1.28. The van der Waals surface area contributed by atoms with Crippen LogP contribution in [0.25, 0.3) is 21.3 Å². The Bertz CT molecular complexity index is 686. The maximum Gasteiger partial charge on any atom is 0.0721 e. The van der Waals surface area contributed by atoms with Crippen molar-refractivity contribution in [3.05, 3.63) is 47.5 Å². The van der Waals surface area contributed by atoms with Crippen LogP contribution in [0.3, 0.4) is 0 Å². The molecule has 17 heavy (non-hydrogen) atoms. The van der Waals surface area contributed by atoms with Gasteiger partial charge in [-0.15, -0.1) is 11.3 Å². The third-order valence-corrected chi connectivity index (χ3v) is 3.85. The molecule has 3 rings (SSSR count). The lowest BCUT2D eigenvalue weighted by molar-refractivity contribution is 1.21. The van der Waals surface area contributed by atoms with Gasteiger partial charge in [0.25, 0.3) is 0 Å². The largest absolute Gasteiger partial charge is 0.397 e. The Morgan fingerprint density at radius 3 is 2.82 bits per heavy atom. The van der Waals surface area contributed by atoms with Crippen molar-refractivity contribution in [2.45, 2.75) is 6.92 Å². The van der Waals surface area contributed by atoms with Crippen molar-refractivity contribution in [2.75, 3.05) is 5.73 Å². The zero-order valence-electron chi connectivity index (χ0n) is 9.47. The SMILES string of the molecule is Cc1nc(-c2cccc3ccsc23)ccc1N. The Kier molecular flexibility index (Phi) is 2.34. The van der Waals surface area contributed by atoms with Crippen LogP contribution in [0.15, 0.2) is 41.8 Å². The molecule has 0 spiro atoms. The number of rotatable bonds is 1. The monoisotopic (exact) mass is 240 g/mol. The molecule has 0 atom stereocenters. The molecule has 0 radical (unpaired) electrons. The quantitative estimate of drug-likeness (QED) is 0.701. The van der Waals surface area contributed by atoms with E-state index < -0.39 is 0 Å². The van der Waals surface area contributed by atoms with Crippen molar-refractivity contribution in [1.82, 2.24) is 4.98 Å². The van der Waals surface area contributed by atoms with Crippen molar-refractivity contribution in [2.24, 2.45) is 0 Å². The van der Waals surface area contributed by atoms with Crippen LogP contribution in [0.1, 0.15) is 5.69 Å². The van der Waals surface area contributed by atoms with E-state index in [9.17, 15) is 0 Å². The molecule has 2 heterocycles. The summed E-state index contributed by atoms with van der Waals surface area (Å²) in [6, 6.07) is 12.3. The Morgan fingerprint density at radius 2 is 2.00 bits per heavy atom. The van der Waals surface area contributed by atoms with Gasteiger partial charge in [-0.1, -0.05) is 18.2 Å². The number of pyridine rings is 1. The van der Waals surface area contributed by atoms with Crippen LogP contribution in [0, 0.1) is 6.92 Å². The second-order valence-electron chi connectivity index (χ2n) is 4.02. The van der Waals surface area contributed by atoms with Gasteiger partial charge in [0.05, 0.1) is 17.1 Å². The van der Waals surface area contributed by atoms with E-state index in [0.29, 0.717) is 0 Å². The van der Waals surface area contributed by atoms with Gasteiger partial charge >= 0.3 is 0 Å². The van der Waals surface area contributed by atoms with E-state index in [1.54, 1.807) is 11.3 Å². The average molecular weight is 240 g/mol. The Labute approximate surface area is 104 Å². The predicted molar refractivity (Wildman–Crippen MR) is 74.2 cm³/mol. The molecule has 0 amide bonds. The Balaban J connectivity index is 2.26. The van der Waals surface area contributed by atoms with Crippen molar-refractivity contribution >= 4 is 27.1 Å². The highest BCUT2D eigenvalue weighted by molar-refractivity contribution is 7.17. The number of fused-ring (bicyclic) bond motifs is 1. The minimum absolute atomic E-state index is 0.743. The molecule has 1 aromatic carbocycles. The smallest absolute Gasteiger partial charge is 0.0721 e. The molecule has 2 N–H and O–H groups in total. The third-order valence-electron chi connectivity index (χ3n) is 2.88. The zero-order chi connectivity index (χ0) is 11.8. The topological polar surface area (TPSA) is 38.9 Å². The van der Waals surface area contributed by atoms with Gasteiger partial charge in [-0.3, -0.25) is 4.98 Å². The average Bonchev–Trinajstić information content (AvgIpc) is 2.80. The van der Waals surface area contributed by atoms with E-state index in [-0.39, 0.29) is 0 Å². The minimum Gasteiger partial charge on any atom is -0.397 e. The van der Waals surface area contributed by atoms with E-state index in [1.807, 2.05) is 19.1 Å². The molecule has 2 nitrogen and oxygen atoms in total. The van der Waals surface area contributed by atoms with Crippen LogP contribution < -0.4 is 5.73 Å². The number of hydrogen-bond donors (Lipinski definition) is 1. The molecule has 0 bridgehead atoms. The van der Waals surface area contributed by atoms with Gasteiger partial charge in [0.15, 0.2) is 0 Å². The first-order valence-electron chi connectivity index (χ1n) is 5.45. The van der Waals surface area contributed by atoms with Crippen molar-refractivity contribution in [1.29, 1.82) is 0 Å². The molecule has 3 heteroatoms. The lowest BCUT2D eigenvalue weighted by Gasteiger charge is -2.05. The van der Waals surface area contributed by atoms with Gasteiger partial charge in [-0.05, 0) is 35.9 Å². The first kappa shape index (κ1) is 10.3. The Morgan fingerprint density at radius 1 is 1.12 bits per heavy atom. The van der Waals surface area contributed by atoms with E-state index in [0.717, 1.165) is 17.1 Å². The van der Waals surface area contributed by atoms with Gasteiger partial charge in [-0.2, -0.15) is 0 Å². The van der Waals surface area contributed by atoms with E-state index in [1.165, 1.54) is 15.6 Å². The molecule has 3 aromatic rings. The van der Waals surface area contributed by atoms with E-state index in [2.05, 4.69) is 34.6 Å². The fraction of sp³-hybridized carbons (Fsp3) is 0.0714. The molecule has 0 aliphatic heterocycles. The van der Waals surface area contributed by atoms with E-state index in [4.69, 9.17) is 5.73 Å². The van der Waals surface area contributed by atoms with Crippen molar-refractivity contribution in [3.8, 4) is 11.3 Å². The summed E-state index contributed by atoms with van der Waals surface area (Å²) in [4.78, 5) is 4.55. The van der Waals surface area contributed by atoms with Gasteiger partial charge in [-0.25, -0.2) is 0 Å². The summed E-state index contributed by atoms with van der Waals surface area (Å²) in [6.07, 6.45) is 0. The van der Waals surface area contributed by atoms with Crippen LogP contribution in [-0.4, -0.2) is 4.98 Å². The van der Waals surface area contributed by atoms with E-state index >= 15 is 0 Å². The number of thiophene rings is 1. The summed E-state index contributed by atoms with van der Waals surface area (Å²) in [5, 5.41) is 3.38. The van der Waals surface area contributed by atoms with Crippen molar-refractivity contribution in [3.63, 3.8) is 0 Å². The summed E-state index contributed by atoms with van der Waals surface area (Å²) >= 11 is 1.75. The number of nitrogens with zero attached hydrogens (tertiary/aromatic N) is 1. The second kappa shape index (κ2) is 3.86. The number of nitrogen functional groups attached to an aromatic ring is 1. The first-order valence-corrected chi connectivity index (χ1v) is 6.33. The van der Waals surface area contributed by atoms with Crippen LogP contribution in [-0.2, 0) is 0 Å². The maximum absolute atomic E-state index is 5.80. The maximum atomic E-state index is 5.80. The third kappa shape index (κ3) is 1.68. The number of anilines is 1. The zero-order valence-corrected chi connectivity index (χ0v) is 10.3. The molecular formula is C14H12N2S. The lowest BCUT2D eigenvalue weighted by atomic mass is 10.1. The summed E-state index contributed by atoms with van der Waals surface area (Å²) in [6.45, 7) is 1.94. The highest BCUT2D eigenvalue weighted by atomic mass is 32.1. The molecule has 0 aliphatic rings. The molecule has 0 saturated heterocycles. The van der Waals surface area contributed by atoms with Crippen LogP contribution in [0.2, 0.25) is 0 Å². The van der Waals surface area contributed by atoms with Crippen LogP contribution in [0.5, 0.6) is 0 Å². The molecule has 0 fully saturated rings. The molecule has 2 aromatic heterocycles. The Hall–Kier alpha value is -1.87. The first-order chi connectivity index (χ1) is 8.25. The van der Waals surface area contributed by atoms with Gasteiger partial charge in [0, 0.05) is 10.3 Å².